The van der Waals surface area contributed by atoms with Crippen LogP contribution in [-0.4, -0.2) is 22.4 Å². The molecule has 0 saturated heterocycles. The van der Waals surface area contributed by atoms with E-state index in [2.05, 4.69) is 14.9 Å². The van der Waals surface area contributed by atoms with Crippen LogP contribution in [-0.2, 0) is 16.0 Å². The number of esters is 1. The molecule has 0 bridgehead atoms. The average Bonchev–Trinajstić information content (AvgIpc) is 2.79. The molecule has 15 heavy (non-hydrogen) atoms. The van der Waals surface area contributed by atoms with Crippen molar-refractivity contribution in [3.05, 3.63) is 5.69 Å². The van der Waals surface area contributed by atoms with Gasteiger partial charge in [-0.25, -0.2) is 4.63 Å². The topological polar surface area (TPSA) is 91.2 Å². The van der Waals surface area contributed by atoms with Crippen molar-refractivity contribution < 1.29 is 14.2 Å². The maximum atomic E-state index is 11.4. The van der Waals surface area contributed by atoms with Crippen LogP contribution in [0.25, 0.3) is 0 Å². The molecule has 1 heterocycles. The van der Waals surface area contributed by atoms with Crippen molar-refractivity contribution in [2.45, 2.75) is 38.2 Å². The van der Waals surface area contributed by atoms with Crippen molar-refractivity contribution in [3.63, 3.8) is 0 Å². The summed E-state index contributed by atoms with van der Waals surface area (Å²) in [5, 5.41) is 6.90. The van der Waals surface area contributed by atoms with Crippen molar-refractivity contribution in [1.82, 2.24) is 10.3 Å². The van der Waals surface area contributed by atoms with Gasteiger partial charge in [0.15, 0.2) is 5.82 Å². The third-order valence-electron chi connectivity index (χ3n) is 2.50. The predicted octanol–water partition coefficient (Wildman–Crippen LogP) is 0.680. The quantitative estimate of drug-likeness (QED) is 0.739. The molecule has 2 N–H and O–H groups in total. The van der Waals surface area contributed by atoms with Gasteiger partial charge in [0, 0.05) is 0 Å². The number of nitrogens with two attached hydrogens (primary N) is 1. The molecule has 6 nitrogen and oxygen atoms in total. The minimum absolute atomic E-state index is 0.0336. The Balaban J connectivity index is 1.84. The number of hydrogen-bond acceptors (Lipinski definition) is 6. The highest BCUT2D eigenvalue weighted by Gasteiger charge is 2.20. The van der Waals surface area contributed by atoms with E-state index in [4.69, 9.17) is 10.5 Å². The normalized spacial score (nSPS) is 16.8. The summed E-state index contributed by atoms with van der Waals surface area (Å²) < 4.78 is 9.62. The monoisotopic (exact) mass is 211 g/mol. The Bertz CT molecular complexity index is 344. The number of nitrogen functional groups attached to an aromatic ring is 1. The van der Waals surface area contributed by atoms with E-state index in [1.165, 1.54) is 0 Å². The predicted molar refractivity (Wildman–Crippen MR) is 50.8 cm³/mol. The zero-order valence-electron chi connectivity index (χ0n) is 8.31. The molecule has 82 valence electrons. The highest BCUT2D eigenvalue weighted by molar-refractivity contribution is 5.73. The summed E-state index contributed by atoms with van der Waals surface area (Å²) >= 11 is 0. The van der Waals surface area contributed by atoms with Gasteiger partial charge in [-0.3, -0.25) is 4.79 Å². The van der Waals surface area contributed by atoms with Crippen LogP contribution in [0.2, 0.25) is 0 Å². The molecule has 1 aromatic rings. The molecule has 1 aliphatic rings. The third-order valence-corrected chi connectivity index (χ3v) is 2.50. The van der Waals surface area contributed by atoms with Gasteiger partial charge in [-0.2, -0.15) is 0 Å². The molecule has 0 amide bonds. The molecule has 1 fully saturated rings. The van der Waals surface area contributed by atoms with Crippen molar-refractivity contribution in [3.8, 4) is 0 Å². The molecule has 2 rings (SSSR count). The van der Waals surface area contributed by atoms with Gasteiger partial charge in [0.05, 0.1) is 6.42 Å². The van der Waals surface area contributed by atoms with E-state index in [-0.39, 0.29) is 24.3 Å². The second-order valence-corrected chi connectivity index (χ2v) is 3.67. The lowest BCUT2D eigenvalue weighted by Crippen LogP contribution is -2.17. The SMILES string of the molecule is Nc1nonc1CC(=O)OC1CCCC1. The highest BCUT2D eigenvalue weighted by atomic mass is 16.6. The molecule has 6 heteroatoms. The second kappa shape index (κ2) is 4.29. The molecule has 0 aromatic carbocycles. The van der Waals surface area contributed by atoms with Crippen LogP contribution in [0.4, 0.5) is 5.82 Å². The van der Waals surface area contributed by atoms with Gasteiger partial charge in [-0.1, -0.05) is 5.16 Å². The minimum atomic E-state index is -0.315. The number of carbonyl (C=O) groups excluding carboxylic acids is 1. The first-order valence-electron chi connectivity index (χ1n) is 5.02. The molecule has 0 radical (unpaired) electrons. The number of nitrogens with zero attached hydrogens (tertiary/aromatic N) is 2. The van der Waals surface area contributed by atoms with Crippen LogP contribution in [0.5, 0.6) is 0 Å². The summed E-state index contributed by atoms with van der Waals surface area (Å²) in [6.07, 6.45) is 4.28. The van der Waals surface area contributed by atoms with Crippen molar-refractivity contribution in [1.29, 1.82) is 0 Å². The van der Waals surface area contributed by atoms with E-state index in [0.717, 1.165) is 25.7 Å². The van der Waals surface area contributed by atoms with E-state index in [0.29, 0.717) is 5.69 Å². The van der Waals surface area contributed by atoms with Gasteiger partial charge >= 0.3 is 5.97 Å². The van der Waals surface area contributed by atoms with E-state index >= 15 is 0 Å². The summed E-state index contributed by atoms with van der Waals surface area (Å²) in [5.74, 6) is -0.164. The first kappa shape index (κ1) is 9.95. The fraction of sp³-hybridized carbons (Fsp3) is 0.667. The lowest BCUT2D eigenvalue weighted by Gasteiger charge is -2.09. The van der Waals surface area contributed by atoms with E-state index in [1.54, 1.807) is 0 Å². The van der Waals surface area contributed by atoms with Crippen molar-refractivity contribution >= 4 is 11.8 Å². The number of aromatic nitrogens is 2. The molecule has 1 saturated carbocycles. The van der Waals surface area contributed by atoms with E-state index in [9.17, 15) is 4.79 Å². The maximum absolute atomic E-state index is 11.4. The average molecular weight is 211 g/mol. The molecule has 0 unspecified atom stereocenters. The molecular weight excluding hydrogens is 198 g/mol. The van der Waals surface area contributed by atoms with Crippen LogP contribution in [0.1, 0.15) is 31.4 Å². The van der Waals surface area contributed by atoms with Gasteiger partial charge in [0.1, 0.15) is 11.8 Å². The second-order valence-electron chi connectivity index (χ2n) is 3.67. The molecule has 0 aliphatic heterocycles. The Morgan fingerprint density at radius 2 is 2.20 bits per heavy atom. The van der Waals surface area contributed by atoms with E-state index < -0.39 is 0 Å². The summed E-state index contributed by atoms with van der Waals surface area (Å²) in [6, 6.07) is 0. The highest BCUT2D eigenvalue weighted by Crippen LogP contribution is 2.21. The zero-order chi connectivity index (χ0) is 10.7. The molecule has 1 aromatic heterocycles. The number of carbonyl (C=O) groups is 1. The zero-order valence-corrected chi connectivity index (χ0v) is 8.31. The third kappa shape index (κ3) is 2.45. The summed E-state index contributed by atoms with van der Waals surface area (Å²) in [4.78, 5) is 11.4. The Morgan fingerprint density at radius 1 is 1.47 bits per heavy atom. The van der Waals surface area contributed by atoms with Crippen LogP contribution < -0.4 is 5.73 Å². The van der Waals surface area contributed by atoms with Crippen molar-refractivity contribution in [2.75, 3.05) is 5.73 Å². The standard InChI is InChI=1S/C9H13N3O3/c10-9-7(11-15-12-9)5-8(13)14-6-3-1-2-4-6/h6H,1-5H2,(H2,10,12). The van der Waals surface area contributed by atoms with Gasteiger partial charge in [-0.15, -0.1) is 0 Å². The summed E-state index contributed by atoms with van der Waals surface area (Å²) in [5.41, 5.74) is 5.77. The molecule has 1 aliphatic carbocycles. The molecule has 0 spiro atoms. The Hall–Kier alpha value is -1.59. The van der Waals surface area contributed by atoms with Gasteiger partial charge in [0.2, 0.25) is 0 Å². The van der Waals surface area contributed by atoms with Crippen LogP contribution >= 0.6 is 0 Å². The lowest BCUT2D eigenvalue weighted by atomic mass is 10.3. The number of ether oxygens (including phenoxy) is 1. The van der Waals surface area contributed by atoms with Gasteiger partial charge in [0.25, 0.3) is 0 Å². The molecular formula is C9H13N3O3. The number of anilines is 1. The first-order valence-corrected chi connectivity index (χ1v) is 5.02. The Labute approximate surface area is 86.7 Å². The van der Waals surface area contributed by atoms with Gasteiger partial charge < -0.3 is 10.5 Å². The van der Waals surface area contributed by atoms with Crippen LogP contribution in [0, 0.1) is 0 Å². The number of hydrogen-bond donors (Lipinski definition) is 1. The summed E-state index contributed by atoms with van der Waals surface area (Å²) in [7, 11) is 0. The van der Waals surface area contributed by atoms with E-state index in [1.807, 2.05) is 0 Å². The van der Waals surface area contributed by atoms with Crippen molar-refractivity contribution in [2.24, 2.45) is 0 Å². The minimum Gasteiger partial charge on any atom is -0.462 e. The van der Waals surface area contributed by atoms with Crippen LogP contribution in [0.3, 0.4) is 0 Å². The largest absolute Gasteiger partial charge is 0.462 e. The first-order chi connectivity index (χ1) is 7.25. The Kier molecular flexibility index (Phi) is 2.84. The molecule has 0 atom stereocenters. The lowest BCUT2D eigenvalue weighted by molar-refractivity contribution is -0.147. The fourth-order valence-corrected chi connectivity index (χ4v) is 1.71. The summed E-state index contributed by atoms with van der Waals surface area (Å²) in [6.45, 7) is 0. The maximum Gasteiger partial charge on any atom is 0.312 e. The smallest absolute Gasteiger partial charge is 0.312 e. The fourth-order valence-electron chi connectivity index (χ4n) is 1.71. The number of rotatable bonds is 3. The van der Waals surface area contributed by atoms with Crippen LogP contribution in [0.15, 0.2) is 4.63 Å². The Morgan fingerprint density at radius 3 is 2.80 bits per heavy atom. The van der Waals surface area contributed by atoms with Gasteiger partial charge in [-0.05, 0) is 30.8 Å².